The van der Waals surface area contributed by atoms with Crippen LogP contribution in [-0.2, 0) is 9.53 Å². The minimum atomic E-state index is -0.506. The molecule has 1 aliphatic heterocycles. The van der Waals surface area contributed by atoms with Crippen LogP contribution in [0.4, 0.5) is 4.79 Å². The topological polar surface area (TPSA) is 46.6 Å². The van der Waals surface area contributed by atoms with E-state index in [4.69, 9.17) is 4.74 Å². The van der Waals surface area contributed by atoms with Crippen LogP contribution in [0, 0.1) is 5.41 Å². The van der Waals surface area contributed by atoms with Crippen molar-refractivity contribution < 1.29 is 14.3 Å². The van der Waals surface area contributed by atoms with Crippen molar-refractivity contribution in [1.29, 1.82) is 0 Å². The predicted octanol–water partition coefficient (Wildman–Crippen LogP) is 3.56. The van der Waals surface area contributed by atoms with Crippen LogP contribution in [-0.4, -0.2) is 35.0 Å². The normalized spacial score (nSPS) is 22.9. The van der Waals surface area contributed by atoms with E-state index in [9.17, 15) is 9.59 Å². The molecule has 0 aromatic heterocycles. The Kier molecular flexibility index (Phi) is 5.00. The van der Waals surface area contributed by atoms with E-state index in [0.717, 1.165) is 12.8 Å². The van der Waals surface area contributed by atoms with Crippen molar-refractivity contribution in [3.8, 4) is 0 Å². The maximum absolute atomic E-state index is 12.3. The second kappa shape index (κ2) is 5.98. The summed E-state index contributed by atoms with van der Waals surface area (Å²) in [5, 5.41) is 0. The SMILES string of the molecule is CC(=O)/C=C/C1CCC(C)(C)CN1C(=O)OC(C)(C)C. The summed E-state index contributed by atoms with van der Waals surface area (Å²) < 4.78 is 5.48. The Morgan fingerprint density at radius 2 is 1.90 bits per heavy atom. The number of amides is 1. The van der Waals surface area contributed by atoms with E-state index in [0.29, 0.717) is 6.54 Å². The number of ether oxygens (including phenoxy) is 1. The van der Waals surface area contributed by atoms with Crippen molar-refractivity contribution in [1.82, 2.24) is 4.90 Å². The number of piperidine rings is 1. The van der Waals surface area contributed by atoms with Crippen molar-refractivity contribution >= 4 is 11.9 Å². The zero-order valence-electron chi connectivity index (χ0n) is 13.5. The number of carbonyl (C=O) groups is 2. The summed E-state index contributed by atoms with van der Waals surface area (Å²) in [5.41, 5.74) is -0.426. The molecule has 1 unspecified atom stereocenters. The smallest absolute Gasteiger partial charge is 0.410 e. The second-order valence-electron chi connectivity index (χ2n) is 7.35. The molecule has 0 N–H and O–H groups in total. The van der Waals surface area contributed by atoms with Gasteiger partial charge in [0, 0.05) is 6.54 Å². The van der Waals surface area contributed by atoms with Crippen LogP contribution in [0.25, 0.3) is 0 Å². The molecule has 0 aliphatic carbocycles. The van der Waals surface area contributed by atoms with Crippen LogP contribution in [0.1, 0.15) is 54.4 Å². The Bertz CT molecular complexity index is 404. The summed E-state index contributed by atoms with van der Waals surface area (Å²) in [6, 6.07) is -0.0539. The average molecular weight is 281 g/mol. The van der Waals surface area contributed by atoms with E-state index in [1.807, 2.05) is 26.8 Å². The van der Waals surface area contributed by atoms with Crippen molar-refractivity contribution in [3.05, 3.63) is 12.2 Å². The number of carbonyl (C=O) groups excluding carboxylic acids is 2. The van der Waals surface area contributed by atoms with Gasteiger partial charge in [0.1, 0.15) is 5.60 Å². The molecule has 1 rings (SSSR count). The molecule has 1 atom stereocenters. The van der Waals surface area contributed by atoms with E-state index < -0.39 is 5.60 Å². The minimum Gasteiger partial charge on any atom is -0.444 e. The molecule has 0 saturated carbocycles. The zero-order chi connectivity index (χ0) is 15.6. The van der Waals surface area contributed by atoms with Crippen LogP contribution in [0.5, 0.6) is 0 Å². The van der Waals surface area contributed by atoms with Crippen LogP contribution in [0.3, 0.4) is 0 Å². The highest BCUT2D eigenvalue weighted by Gasteiger charge is 2.36. The Morgan fingerprint density at radius 3 is 2.40 bits per heavy atom. The first-order valence-electron chi connectivity index (χ1n) is 7.19. The lowest BCUT2D eigenvalue weighted by Crippen LogP contribution is -2.50. The van der Waals surface area contributed by atoms with E-state index >= 15 is 0 Å². The predicted molar refractivity (Wildman–Crippen MR) is 79.6 cm³/mol. The van der Waals surface area contributed by atoms with Crippen LogP contribution in [0.2, 0.25) is 0 Å². The van der Waals surface area contributed by atoms with Gasteiger partial charge >= 0.3 is 6.09 Å². The van der Waals surface area contributed by atoms with Crippen molar-refractivity contribution in [2.45, 2.75) is 66.0 Å². The first kappa shape index (κ1) is 16.7. The molecule has 20 heavy (non-hydrogen) atoms. The molecule has 1 fully saturated rings. The largest absolute Gasteiger partial charge is 0.444 e. The van der Waals surface area contributed by atoms with Gasteiger partial charge in [-0.3, -0.25) is 4.79 Å². The molecule has 0 spiro atoms. The van der Waals surface area contributed by atoms with E-state index in [2.05, 4.69) is 13.8 Å². The van der Waals surface area contributed by atoms with Gasteiger partial charge in [0.2, 0.25) is 0 Å². The number of hydrogen-bond donors (Lipinski definition) is 0. The number of hydrogen-bond acceptors (Lipinski definition) is 3. The fourth-order valence-electron chi connectivity index (χ4n) is 2.32. The van der Waals surface area contributed by atoms with Crippen molar-refractivity contribution in [2.24, 2.45) is 5.41 Å². The Labute approximate surface area is 122 Å². The molecule has 4 nitrogen and oxygen atoms in total. The van der Waals surface area contributed by atoms with Crippen LogP contribution >= 0.6 is 0 Å². The number of allylic oxidation sites excluding steroid dienone is 1. The van der Waals surface area contributed by atoms with E-state index in [-0.39, 0.29) is 23.3 Å². The third-order valence-electron chi connectivity index (χ3n) is 3.30. The Hall–Kier alpha value is -1.32. The number of nitrogens with zero attached hydrogens (tertiary/aromatic N) is 1. The van der Waals surface area contributed by atoms with Gasteiger partial charge < -0.3 is 9.64 Å². The summed E-state index contributed by atoms with van der Waals surface area (Å²) in [6.45, 7) is 12.0. The molecule has 0 bridgehead atoms. The fraction of sp³-hybridized carbons (Fsp3) is 0.750. The molecule has 0 aromatic carbocycles. The molecule has 0 radical (unpaired) electrons. The van der Waals surface area contributed by atoms with Crippen molar-refractivity contribution in [2.75, 3.05) is 6.54 Å². The highest BCUT2D eigenvalue weighted by atomic mass is 16.6. The van der Waals surface area contributed by atoms with Crippen LogP contribution < -0.4 is 0 Å². The summed E-state index contributed by atoms with van der Waals surface area (Å²) in [6.07, 6.45) is 4.94. The van der Waals surface area contributed by atoms with Gasteiger partial charge in [-0.25, -0.2) is 4.79 Å². The Balaban J connectivity index is 2.87. The molecule has 1 heterocycles. The highest BCUT2D eigenvalue weighted by Crippen LogP contribution is 2.33. The van der Waals surface area contributed by atoms with E-state index in [1.165, 1.54) is 6.92 Å². The molecule has 0 aromatic rings. The van der Waals surface area contributed by atoms with Gasteiger partial charge in [-0.1, -0.05) is 19.9 Å². The highest BCUT2D eigenvalue weighted by molar-refractivity contribution is 5.87. The van der Waals surface area contributed by atoms with Gasteiger partial charge in [0.25, 0.3) is 0 Å². The quantitative estimate of drug-likeness (QED) is 0.727. The van der Waals surface area contributed by atoms with E-state index in [1.54, 1.807) is 11.0 Å². The molecule has 4 heteroatoms. The fourth-order valence-corrected chi connectivity index (χ4v) is 2.32. The maximum Gasteiger partial charge on any atom is 0.410 e. The first-order valence-corrected chi connectivity index (χ1v) is 7.19. The zero-order valence-corrected chi connectivity index (χ0v) is 13.5. The molecular weight excluding hydrogens is 254 g/mol. The van der Waals surface area contributed by atoms with Gasteiger partial charge in [0.05, 0.1) is 6.04 Å². The van der Waals surface area contributed by atoms with Gasteiger partial charge in [0.15, 0.2) is 5.78 Å². The van der Waals surface area contributed by atoms with Gasteiger partial charge in [-0.15, -0.1) is 0 Å². The van der Waals surface area contributed by atoms with Crippen molar-refractivity contribution in [3.63, 3.8) is 0 Å². The summed E-state index contributed by atoms with van der Waals surface area (Å²) >= 11 is 0. The van der Waals surface area contributed by atoms with Gasteiger partial charge in [-0.05, 0) is 52.0 Å². The molecule has 114 valence electrons. The maximum atomic E-state index is 12.3. The third-order valence-corrected chi connectivity index (χ3v) is 3.30. The first-order chi connectivity index (χ1) is 9.00. The van der Waals surface area contributed by atoms with Gasteiger partial charge in [-0.2, -0.15) is 0 Å². The third kappa shape index (κ3) is 5.35. The standard InChI is InChI=1S/C16H27NO3/c1-12(18)7-8-13-9-10-16(5,6)11-17(13)14(19)20-15(2,3)4/h7-8,13H,9-11H2,1-6H3/b8-7+. The monoisotopic (exact) mass is 281 g/mol. The number of rotatable bonds is 2. The molecule has 1 aliphatic rings. The lowest BCUT2D eigenvalue weighted by atomic mass is 9.81. The molecule has 1 saturated heterocycles. The Morgan fingerprint density at radius 1 is 1.30 bits per heavy atom. The van der Waals surface area contributed by atoms with Crippen LogP contribution in [0.15, 0.2) is 12.2 Å². The molecule has 1 amide bonds. The molecular formula is C16H27NO3. The second-order valence-corrected chi connectivity index (χ2v) is 7.35. The lowest BCUT2D eigenvalue weighted by molar-refractivity contribution is -0.112. The summed E-state index contributed by atoms with van der Waals surface area (Å²) in [5.74, 6) is -0.000951. The summed E-state index contributed by atoms with van der Waals surface area (Å²) in [4.78, 5) is 25.2. The summed E-state index contributed by atoms with van der Waals surface area (Å²) in [7, 11) is 0. The lowest BCUT2D eigenvalue weighted by Gasteiger charge is -2.42. The minimum absolute atomic E-state index is 0.000951. The number of likely N-dealkylation sites (tertiary alicyclic amines) is 1. The number of ketones is 1. The average Bonchev–Trinajstić information content (AvgIpc) is 2.23.